The minimum absolute atomic E-state index is 0.356. The monoisotopic (exact) mass is 321 g/mol. The van der Waals surface area contributed by atoms with Crippen molar-refractivity contribution in [2.24, 2.45) is 5.92 Å². The van der Waals surface area contributed by atoms with Gasteiger partial charge in [-0.3, -0.25) is 0 Å². The summed E-state index contributed by atoms with van der Waals surface area (Å²) in [5.41, 5.74) is 0.967. The zero-order valence-corrected chi connectivity index (χ0v) is 12.9. The van der Waals surface area contributed by atoms with Crippen LogP contribution in [0.4, 0.5) is 0 Å². The fraction of sp³-hybridized carbons (Fsp3) is 0.500. The summed E-state index contributed by atoms with van der Waals surface area (Å²) in [6, 6.07) is 8.74. The van der Waals surface area contributed by atoms with Crippen LogP contribution in [0.5, 0.6) is 0 Å². The molecule has 1 aromatic carbocycles. The maximum atomic E-state index is 6.07. The van der Waals surface area contributed by atoms with E-state index in [1.165, 1.54) is 31.1 Å². The third-order valence-electron chi connectivity index (χ3n) is 4.10. The summed E-state index contributed by atoms with van der Waals surface area (Å²) in [6.45, 7) is 3.14. The first kappa shape index (κ1) is 13.2. The molecule has 0 saturated heterocycles. The Hall–Kier alpha value is -0.800. The first-order valence-corrected chi connectivity index (χ1v) is 7.98. The van der Waals surface area contributed by atoms with Gasteiger partial charge in [-0.05, 0) is 46.9 Å². The van der Waals surface area contributed by atoms with E-state index in [9.17, 15) is 0 Å². The Bertz CT molecular complexity index is 559. The molecule has 1 aromatic heterocycles. The molecule has 1 fully saturated rings. The summed E-state index contributed by atoms with van der Waals surface area (Å²) in [5.74, 6) is 1.95. The van der Waals surface area contributed by atoms with Crippen LogP contribution in [0.3, 0.4) is 0 Å². The Morgan fingerprint density at radius 1 is 1.42 bits per heavy atom. The molecule has 1 heterocycles. The molecule has 102 valence electrons. The lowest BCUT2D eigenvalue weighted by molar-refractivity contribution is 0.249. The quantitative estimate of drug-likeness (QED) is 0.834. The number of fused-ring (bicyclic) bond motifs is 1. The lowest BCUT2D eigenvalue weighted by Crippen LogP contribution is -2.25. The van der Waals surface area contributed by atoms with E-state index < -0.39 is 0 Å². The molecule has 0 amide bonds. The number of hydrogen-bond donors (Lipinski definition) is 1. The van der Waals surface area contributed by atoms with Gasteiger partial charge in [0.25, 0.3) is 0 Å². The summed E-state index contributed by atoms with van der Waals surface area (Å²) in [6.07, 6.45) is 5.36. The van der Waals surface area contributed by atoms with Crippen molar-refractivity contribution in [3.8, 4) is 0 Å². The van der Waals surface area contributed by atoms with Crippen LogP contribution >= 0.6 is 15.9 Å². The smallest absolute Gasteiger partial charge is 0.148 e. The Labute approximate surface area is 122 Å². The number of rotatable bonds is 5. The topological polar surface area (TPSA) is 25.2 Å². The van der Waals surface area contributed by atoms with Gasteiger partial charge in [-0.1, -0.05) is 38.3 Å². The molecule has 1 saturated carbocycles. The van der Waals surface area contributed by atoms with Gasteiger partial charge in [-0.15, -0.1) is 0 Å². The molecule has 2 nitrogen and oxygen atoms in total. The maximum Gasteiger partial charge on any atom is 0.148 e. The van der Waals surface area contributed by atoms with Crippen molar-refractivity contribution in [1.82, 2.24) is 5.32 Å². The highest BCUT2D eigenvalue weighted by Crippen LogP contribution is 2.37. The zero-order chi connectivity index (χ0) is 13.2. The Morgan fingerprint density at radius 3 is 2.89 bits per heavy atom. The molecule has 1 aliphatic rings. The number of hydrogen-bond acceptors (Lipinski definition) is 2. The standard InChI is InChI=1S/C16H20BrNO/c1-2-18-14(9-11-5-3-6-11)15-10-12-7-4-8-13(17)16(12)19-15/h4,7-8,10-11,14,18H,2-3,5-6,9H2,1H3. The minimum atomic E-state index is 0.356. The van der Waals surface area contributed by atoms with Crippen LogP contribution in [0, 0.1) is 5.92 Å². The van der Waals surface area contributed by atoms with Gasteiger partial charge < -0.3 is 9.73 Å². The summed E-state index contributed by atoms with van der Waals surface area (Å²) in [5, 5.41) is 4.75. The van der Waals surface area contributed by atoms with E-state index in [2.05, 4.69) is 46.4 Å². The highest BCUT2D eigenvalue weighted by molar-refractivity contribution is 9.10. The van der Waals surface area contributed by atoms with Crippen LogP contribution in [0.25, 0.3) is 11.0 Å². The molecule has 1 atom stereocenters. The molecule has 19 heavy (non-hydrogen) atoms. The average molecular weight is 322 g/mol. The molecular weight excluding hydrogens is 302 g/mol. The van der Waals surface area contributed by atoms with Crippen LogP contribution in [0.15, 0.2) is 33.2 Å². The second-order valence-corrected chi connectivity index (χ2v) is 6.30. The largest absolute Gasteiger partial charge is 0.458 e. The van der Waals surface area contributed by atoms with Crippen molar-refractivity contribution in [3.05, 3.63) is 34.5 Å². The molecule has 1 unspecified atom stereocenters. The first-order chi connectivity index (χ1) is 9.28. The van der Waals surface area contributed by atoms with Crippen molar-refractivity contribution in [2.45, 2.75) is 38.6 Å². The van der Waals surface area contributed by atoms with E-state index >= 15 is 0 Å². The zero-order valence-electron chi connectivity index (χ0n) is 11.3. The third-order valence-corrected chi connectivity index (χ3v) is 4.73. The number of nitrogens with one attached hydrogen (secondary N) is 1. The van der Waals surface area contributed by atoms with E-state index in [1.54, 1.807) is 0 Å². The van der Waals surface area contributed by atoms with Crippen LogP contribution in [-0.4, -0.2) is 6.54 Å². The molecule has 1 N–H and O–H groups in total. The summed E-state index contributed by atoms with van der Waals surface area (Å²) in [4.78, 5) is 0. The van der Waals surface area contributed by atoms with Crippen molar-refractivity contribution in [3.63, 3.8) is 0 Å². The molecule has 0 spiro atoms. The highest BCUT2D eigenvalue weighted by Gasteiger charge is 2.24. The Morgan fingerprint density at radius 2 is 2.26 bits per heavy atom. The minimum Gasteiger partial charge on any atom is -0.458 e. The van der Waals surface area contributed by atoms with Crippen molar-refractivity contribution in [1.29, 1.82) is 0 Å². The molecule has 1 aliphatic carbocycles. The van der Waals surface area contributed by atoms with Crippen LogP contribution in [0.1, 0.15) is 44.4 Å². The molecule has 3 rings (SSSR count). The SMILES string of the molecule is CCNC(CC1CCC1)c1cc2cccc(Br)c2o1. The summed E-state index contributed by atoms with van der Waals surface area (Å²) >= 11 is 3.56. The van der Waals surface area contributed by atoms with Gasteiger partial charge in [0, 0.05) is 5.39 Å². The average Bonchev–Trinajstić information content (AvgIpc) is 2.77. The summed E-state index contributed by atoms with van der Waals surface area (Å²) in [7, 11) is 0. The lowest BCUT2D eigenvalue weighted by atomic mass is 9.80. The molecule has 2 aromatic rings. The van der Waals surface area contributed by atoms with Crippen molar-refractivity contribution < 1.29 is 4.42 Å². The second kappa shape index (κ2) is 5.68. The lowest BCUT2D eigenvalue weighted by Gasteiger charge is -2.29. The number of para-hydroxylation sites is 1. The van der Waals surface area contributed by atoms with Crippen LogP contribution < -0.4 is 5.32 Å². The number of benzene rings is 1. The van der Waals surface area contributed by atoms with Crippen LogP contribution in [0.2, 0.25) is 0 Å². The molecule has 3 heteroatoms. The maximum absolute atomic E-state index is 6.07. The molecule has 0 aliphatic heterocycles. The fourth-order valence-corrected chi connectivity index (χ4v) is 3.29. The second-order valence-electron chi connectivity index (χ2n) is 5.45. The number of halogens is 1. The van der Waals surface area contributed by atoms with Crippen molar-refractivity contribution in [2.75, 3.05) is 6.54 Å². The van der Waals surface area contributed by atoms with E-state index in [-0.39, 0.29) is 0 Å². The van der Waals surface area contributed by atoms with Gasteiger partial charge in [0.15, 0.2) is 0 Å². The van der Waals surface area contributed by atoms with Gasteiger partial charge in [0.1, 0.15) is 11.3 Å². The summed E-state index contributed by atoms with van der Waals surface area (Å²) < 4.78 is 7.11. The first-order valence-electron chi connectivity index (χ1n) is 7.19. The molecule has 0 radical (unpaired) electrons. The van der Waals surface area contributed by atoms with E-state index in [1.807, 2.05) is 6.07 Å². The van der Waals surface area contributed by atoms with Gasteiger partial charge >= 0.3 is 0 Å². The van der Waals surface area contributed by atoms with E-state index in [0.717, 1.165) is 28.3 Å². The van der Waals surface area contributed by atoms with E-state index in [0.29, 0.717) is 6.04 Å². The Kier molecular flexibility index (Phi) is 3.94. The van der Waals surface area contributed by atoms with Gasteiger partial charge in [0.2, 0.25) is 0 Å². The third kappa shape index (κ3) is 2.72. The number of furan rings is 1. The predicted octanol–water partition coefficient (Wildman–Crippen LogP) is 5.04. The predicted molar refractivity (Wildman–Crippen MR) is 82.3 cm³/mol. The Balaban J connectivity index is 1.87. The highest BCUT2D eigenvalue weighted by atomic mass is 79.9. The van der Waals surface area contributed by atoms with Gasteiger partial charge in [-0.2, -0.15) is 0 Å². The van der Waals surface area contributed by atoms with Gasteiger partial charge in [0.05, 0.1) is 10.5 Å². The van der Waals surface area contributed by atoms with Crippen molar-refractivity contribution >= 4 is 26.9 Å². The molecule has 0 bridgehead atoms. The van der Waals surface area contributed by atoms with Gasteiger partial charge in [-0.25, -0.2) is 0 Å². The molecular formula is C16H20BrNO. The fourth-order valence-electron chi connectivity index (χ4n) is 2.83. The van der Waals surface area contributed by atoms with Crippen LogP contribution in [-0.2, 0) is 0 Å². The normalized spacial score (nSPS) is 17.6. The van der Waals surface area contributed by atoms with E-state index in [4.69, 9.17) is 4.42 Å².